The molecular formula is C26H17Cl2NO4. The molecule has 4 aromatic rings. The molecular weight excluding hydrogens is 461 g/mol. The summed E-state index contributed by atoms with van der Waals surface area (Å²) in [6.07, 6.45) is 1.27. The second-order valence-electron chi connectivity index (χ2n) is 7.14. The van der Waals surface area contributed by atoms with Crippen molar-refractivity contribution in [3.63, 3.8) is 0 Å². The lowest BCUT2D eigenvalue weighted by atomic mass is 9.96. The molecule has 4 rings (SSSR count). The van der Waals surface area contributed by atoms with E-state index in [0.29, 0.717) is 61.7 Å². The summed E-state index contributed by atoms with van der Waals surface area (Å²) in [6.45, 7) is 0. The van der Waals surface area contributed by atoms with E-state index in [2.05, 4.69) is 4.98 Å². The van der Waals surface area contributed by atoms with Crippen LogP contribution in [0.3, 0.4) is 0 Å². The van der Waals surface area contributed by atoms with Gasteiger partial charge in [-0.05, 0) is 29.8 Å². The maximum absolute atomic E-state index is 11.2. The van der Waals surface area contributed by atoms with Gasteiger partial charge in [0.1, 0.15) is 5.75 Å². The SMILES string of the molecule is COc1nc(-c2cccc(-c3cccc(-c4ccc(C=O)c(O)c4)c3Cl)c2Cl)ccc1C=O. The predicted molar refractivity (Wildman–Crippen MR) is 130 cm³/mol. The number of hydrogen-bond acceptors (Lipinski definition) is 5. The molecule has 7 heteroatoms. The van der Waals surface area contributed by atoms with Gasteiger partial charge in [0.15, 0.2) is 12.6 Å². The summed E-state index contributed by atoms with van der Waals surface area (Å²) in [5.41, 5.74) is 4.46. The number of aldehydes is 2. The van der Waals surface area contributed by atoms with Crippen LogP contribution in [0.25, 0.3) is 33.5 Å². The summed E-state index contributed by atoms with van der Waals surface area (Å²) >= 11 is 13.6. The molecule has 0 aliphatic rings. The number of rotatable bonds is 6. The van der Waals surface area contributed by atoms with Crippen molar-refractivity contribution in [3.05, 3.63) is 87.9 Å². The predicted octanol–water partition coefficient (Wildman–Crippen LogP) is 6.73. The highest BCUT2D eigenvalue weighted by Crippen LogP contribution is 2.42. The fourth-order valence-electron chi connectivity index (χ4n) is 3.57. The molecule has 0 spiro atoms. The number of phenols is 1. The Hall–Kier alpha value is -3.67. The van der Waals surface area contributed by atoms with Crippen molar-refractivity contribution in [1.29, 1.82) is 0 Å². The molecule has 0 unspecified atom stereocenters. The molecule has 0 aliphatic heterocycles. The zero-order valence-corrected chi connectivity index (χ0v) is 18.9. The van der Waals surface area contributed by atoms with Gasteiger partial charge in [0, 0.05) is 22.3 Å². The van der Waals surface area contributed by atoms with Crippen molar-refractivity contribution >= 4 is 35.8 Å². The second kappa shape index (κ2) is 9.45. The van der Waals surface area contributed by atoms with E-state index in [0.717, 1.165) is 0 Å². The van der Waals surface area contributed by atoms with Crippen molar-refractivity contribution in [1.82, 2.24) is 4.98 Å². The lowest BCUT2D eigenvalue weighted by Gasteiger charge is -2.14. The standard InChI is InChI=1S/C26H17Cl2NO4/c1-33-26-17(14-31)10-11-22(29-26)21-7-3-6-20(25(21)28)19-5-2-4-18(24(19)27)15-8-9-16(13-30)23(32)12-15/h2-14,32H,1H3. The van der Waals surface area contributed by atoms with Crippen molar-refractivity contribution < 1.29 is 19.4 Å². The molecule has 0 atom stereocenters. The molecule has 5 nitrogen and oxygen atoms in total. The van der Waals surface area contributed by atoms with Crippen LogP contribution in [-0.4, -0.2) is 29.8 Å². The number of hydrogen-bond donors (Lipinski definition) is 1. The van der Waals surface area contributed by atoms with Crippen LogP contribution in [0.4, 0.5) is 0 Å². The Kier molecular flexibility index (Phi) is 6.45. The number of phenolic OH excluding ortho intramolecular Hbond substituents is 1. The quantitative estimate of drug-likeness (QED) is 0.311. The smallest absolute Gasteiger partial charge is 0.224 e. The van der Waals surface area contributed by atoms with Crippen LogP contribution in [0, 0.1) is 0 Å². The molecule has 0 amide bonds. The Morgan fingerprint density at radius 1 is 0.788 bits per heavy atom. The summed E-state index contributed by atoms with van der Waals surface area (Å²) in [6, 6.07) is 19.1. The maximum Gasteiger partial charge on any atom is 0.224 e. The molecule has 33 heavy (non-hydrogen) atoms. The summed E-state index contributed by atoms with van der Waals surface area (Å²) in [4.78, 5) is 26.6. The summed E-state index contributed by atoms with van der Waals surface area (Å²) < 4.78 is 5.21. The largest absolute Gasteiger partial charge is 0.507 e. The average Bonchev–Trinajstić information content (AvgIpc) is 2.84. The van der Waals surface area contributed by atoms with Crippen molar-refractivity contribution in [2.24, 2.45) is 0 Å². The van der Waals surface area contributed by atoms with Gasteiger partial charge in [-0.1, -0.05) is 65.7 Å². The van der Waals surface area contributed by atoms with E-state index in [9.17, 15) is 14.7 Å². The molecule has 0 radical (unpaired) electrons. The van der Waals surface area contributed by atoms with E-state index in [1.807, 2.05) is 36.4 Å². The van der Waals surface area contributed by atoms with Crippen LogP contribution in [0.1, 0.15) is 20.7 Å². The minimum absolute atomic E-state index is 0.122. The number of nitrogens with zero attached hydrogens (tertiary/aromatic N) is 1. The maximum atomic E-state index is 11.2. The van der Waals surface area contributed by atoms with Crippen LogP contribution < -0.4 is 4.74 Å². The van der Waals surface area contributed by atoms with Gasteiger partial charge in [0.25, 0.3) is 0 Å². The van der Waals surface area contributed by atoms with Crippen molar-refractivity contribution in [2.45, 2.75) is 0 Å². The molecule has 3 aromatic carbocycles. The second-order valence-corrected chi connectivity index (χ2v) is 7.89. The highest BCUT2D eigenvalue weighted by molar-refractivity contribution is 6.39. The molecule has 1 aromatic heterocycles. The third-order valence-electron chi connectivity index (χ3n) is 5.24. The molecule has 1 heterocycles. The summed E-state index contributed by atoms with van der Waals surface area (Å²) in [5.74, 6) is 0.0883. The first-order chi connectivity index (χ1) is 16.0. The van der Waals surface area contributed by atoms with Crippen LogP contribution >= 0.6 is 23.2 Å². The van der Waals surface area contributed by atoms with Gasteiger partial charge in [-0.3, -0.25) is 9.59 Å². The van der Waals surface area contributed by atoms with E-state index in [4.69, 9.17) is 27.9 Å². The topological polar surface area (TPSA) is 76.5 Å². The van der Waals surface area contributed by atoms with Gasteiger partial charge in [0.05, 0.1) is 34.0 Å². The molecule has 0 aliphatic carbocycles. The highest BCUT2D eigenvalue weighted by Gasteiger charge is 2.17. The van der Waals surface area contributed by atoms with Crippen LogP contribution in [0.5, 0.6) is 11.6 Å². The number of halogens is 2. The van der Waals surface area contributed by atoms with Crippen molar-refractivity contribution in [3.8, 4) is 45.1 Å². The molecule has 164 valence electrons. The summed E-state index contributed by atoms with van der Waals surface area (Å²) in [7, 11) is 1.45. The molecule has 0 saturated carbocycles. The highest BCUT2D eigenvalue weighted by atomic mass is 35.5. The number of carbonyl (C=O) groups excluding carboxylic acids is 2. The third kappa shape index (κ3) is 4.21. The Balaban J connectivity index is 1.83. The number of benzene rings is 3. The van der Waals surface area contributed by atoms with Gasteiger partial charge in [-0.25, -0.2) is 4.98 Å². The monoisotopic (exact) mass is 477 g/mol. The van der Waals surface area contributed by atoms with Gasteiger partial charge >= 0.3 is 0 Å². The first-order valence-corrected chi connectivity index (χ1v) is 10.6. The van der Waals surface area contributed by atoms with Crippen LogP contribution in [-0.2, 0) is 0 Å². The fourth-order valence-corrected chi connectivity index (χ4v) is 4.23. The van der Waals surface area contributed by atoms with E-state index < -0.39 is 0 Å². The molecule has 0 fully saturated rings. The Labute approximate surface area is 200 Å². The minimum atomic E-state index is -0.122. The zero-order valence-electron chi connectivity index (χ0n) is 17.4. The van der Waals surface area contributed by atoms with E-state index in [1.54, 1.807) is 18.2 Å². The average molecular weight is 478 g/mol. The summed E-state index contributed by atoms with van der Waals surface area (Å²) in [5, 5.41) is 11.0. The van der Waals surface area contributed by atoms with Crippen LogP contribution in [0.15, 0.2) is 66.7 Å². The lowest BCUT2D eigenvalue weighted by Crippen LogP contribution is -1.96. The van der Waals surface area contributed by atoms with E-state index in [-0.39, 0.29) is 17.2 Å². The van der Waals surface area contributed by atoms with Gasteiger partial charge in [0.2, 0.25) is 5.88 Å². The fraction of sp³-hybridized carbons (Fsp3) is 0.0385. The van der Waals surface area contributed by atoms with Crippen LogP contribution in [0.2, 0.25) is 10.0 Å². The van der Waals surface area contributed by atoms with Gasteiger partial charge in [-0.15, -0.1) is 0 Å². The normalized spacial score (nSPS) is 10.6. The number of carbonyl (C=O) groups is 2. The minimum Gasteiger partial charge on any atom is -0.507 e. The number of methoxy groups -OCH3 is 1. The zero-order chi connectivity index (χ0) is 23.5. The van der Waals surface area contributed by atoms with Gasteiger partial charge in [-0.2, -0.15) is 0 Å². The number of aromatic hydroxyl groups is 1. The first kappa shape index (κ1) is 22.5. The van der Waals surface area contributed by atoms with Gasteiger partial charge < -0.3 is 9.84 Å². The van der Waals surface area contributed by atoms with E-state index in [1.165, 1.54) is 19.2 Å². The number of ether oxygens (including phenoxy) is 1. The Morgan fingerprint density at radius 3 is 1.97 bits per heavy atom. The third-order valence-corrected chi connectivity index (χ3v) is 6.06. The Morgan fingerprint density at radius 2 is 1.36 bits per heavy atom. The van der Waals surface area contributed by atoms with Crippen molar-refractivity contribution in [2.75, 3.05) is 7.11 Å². The van der Waals surface area contributed by atoms with E-state index >= 15 is 0 Å². The molecule has 0 saturated heterocycles. The first-order valence-electron chi connectivity index (χ1n) is 9.85. The number of aromatic nitrogens is 1. The lowest BCUT2D eigenvalue weighted by molar-refractivity contribution is 0.111. The molecule has 1 N–H and O–H groups in total. The number of pyridine rings is 1. The molecule has 0 bridgehead atoms. The Bertz CT molecular complexity index is 1390.